The Morgan fingerprint density at radius 2 is 2.17 bits per heavy atom. The number of anilines is 3. The van der Waals surface area contributed by atoms with E-state index in [0.717, 1.165) is 36.6 Å². The smallest absolute Gasteiger partial charge is 0.229 e. The Labute approximate surface area is 173 Å². The van der Waals surface area contributed by atoms with Gasteiger partial charge in [-0.15, -0.1) is 5.10 Å². The highest BCUT2D eigenvalue weighted by molar-refractivity contribution is 6.35. The highest BCUT2D eigenvalue weighted by Crippen LogP contribution is 2.37. The predicted octanol–water partition coefficient (Wildman–Crippen LogP) is 3.24. The largest absolute Gasteiger partial charge is 0.494 e. The zero-order chi connectivity index (χ0) is 20.4. The quantitative estimate of drug-likeness (QED) is 0.565. The van der Waals surface area contributed by atoms with Gasteiger partial charge in [-0.3, -0.25) is 0 Å². The molecule has 1 atom stereocenters. The van der Waals surface area contributed by atoms with Crippen LogP contribution in [0.15, 0.2) is 24.4 Å². The highest BCUT2D eigenvalue weighted by Gasteiger charge is 2.22. The topological polar surface area (TPSA) is 102 Å². The molecule has 0 bridgehead atoms. The Kier molecular flexibility index (Phi) is 5.50. The molecule has 3 N–H and O–H groups in total. The number of benzene rings is 1. The van der Waals surface area contributed by atoms with E-state index >= 15 is 0 Å². The van der Waals surface area contributed by atoms with Crippen LogP contribution in [-0.2, 0) is 0 Å². The molecule has 2 aromatic heterocycles. The van der Waals surface area contributed by atoms with E-state index in [9.17, 15) is 0 Å². The number of halogens is 1. The molecule has 4 rings (SSSR count). The molecule has 1 saturated heterocycles. The van der Waals surface area contributed by atoms with Crippen molar-refractivity contribution in [2.45, 2.75) is 25.8 Å². The van der Waals surface area contributed by atoms with E-state index in [2.05, 4.69) is 36.2 Å². The second-order valence-corrected chi connectivity index (χ2v) is 7.19. The van der Waals surface area contributed by atoms with Gasteiger partial charge in [-0.05, 0) is 38.4 Å². The maximum Gasteiger partial charge on any atom is 0.229 e. The summed E-state index contributed by atoms with van der Waals surface area (Å²) < 4.78 is 7.17. The number of nitrogens with zero attached hydrogens (tertiary/aromatic N) is 5. The molecule has 0 spiro atoms. The van der Waals surface area contributed by atoms with Crippen LogP contribution in [0, 0.1) is 6.92 Å². The first-order valence-corrected chi connectivity index (χ1v) is 9.80. The predicted molar refractivity (Wildman–Crippen MR) is 112 cm³/mol. The zero-order valence-electron chi connectivity index (χ0n) is 16.5. The fraction of sp³-hybridized carbons (Fsp3) is 0.368. The molecule has 1 aliphatic heterocycles. The highest BCUT2D eigenvalue weighted by atomic mass is 35.5. The number of hydrogen-bond donors (Lipinski definition) is 3. The molecule has 10 heteroatoms. The summed E-state index contributed by atoms with van der Waals surface area (Å²) in [5, 5.41) is 18.7. The van der Waals surface area contributed by atoms with E-state index in [1.54, 1.807) is 11.8 Å². The SMILES string of the molecule is CNc1cc(C)nc(Nc2ccc(OC)c(-n3cc([C@@H]4CCCN4)nn3)c2Cl)n1. The van der Waals surface area contributed by atoms with Gasteiger partial charge in [0.2, 0.25) is 5.95 Å². The van der Waals surface area contributed by atoms with Crippen molar-refractivity contribution in [2.24, 2.45) is 0 Å². The Morgan fingerprint density at radius 1 is 1.31 bits per heavy atom. The number of hydrogen-bond acceptors (Lipinski definition) is 8. The maximum atomic E-state index is 6.74. The van der Waals surface area contributed by atoms with Crippen LogP contribution in [0.25, 0.3) is 5.69 Å². The van der Waals surface area contributed by atoms with E-state index in [1.165, 1.54) is 0 Å². The van der Waals surface area contributed by atoms with Crippen molar-refractivity contribution in [1.82, 2.24) is 30.3 Å². The third-order valence-electron chi connectivity index (χ3n) is 4.81. The fourth-order valence-corrected chi connectivity index (χ4v) is 3.67. The minimum absolute atomic E-state index is 0.218. The van der Waals surface area contributed by atoms with Crippen molar-refractivity contribution in [2.75, 3.05) is 31.3 Å². The lowest BCUT2D eigenvalue weighted by atomic mass is 10.2. The molecule has 9 nitrogen and oxygen atoms in total. The normalized spacial score (nSPS) is 16.1. The summed E-state index contributed by atoms with van der Waals surface area (Å²) >= 11 is 6.74. The third-order valence-corrected chi connectivity index (χ3v) is 5.20. The van der Waals surface area contributed by atoms with Crippen LogP contribution in [-0.4, -0.2) is 45.7 Å². The number of ether oxygens (including phenoxy) is 1. The van der Waals surface area contributed by atoms with Gasteiger partial charge in [-0.25, -0.2) is 9.67 Å². The van der Waals surface area contributed by atoms with Crippen molar-refractivity contribution >= 4 is 29.1 Å². The van der Waals surface area contributed by atoms with Crippen molar-refractivity contribution < 1.29 is 4.74 Å². The summed E-state index contributed by atoms with van der Waals surface area (Å²) in [4.78, 5) is 8.85. The molecular formula is C19H23ClN8O. The molecule has 1 aliphatic rings. The van der Waals surface area contributed by atoms with Crippen LogP contribution in [0.5, 0.6) is 5.75 Å². The van der Waals surface area contributed by atoms with E-state index in [-0.39, 0.29) is 6.04 Å². The van der Waals surface area contributed by atoms with Gasteiger partial charge in [0.25, 0.3) is 0 Å². The molecule has 152 valence electrons. The van der Waals surface area contributed by atoms with Crippen LogP contribution in [0.3, 0.4) is 0 Å². The van der Waals surface area contributed by atoms with E-state index < -0.39 is 0 Å². The van der Waals surface area contributed by atoms with E-state index in [0.29, 0.717) is 28.1 Å². The van der Waals surface area contributed by atoms with Crippen LogP contribution in [0.1, 0.15) is 30.3 Å². The van der Waals surface area contributed by atoms with E-state index in [1.807, 2.05) is 38.4 Å². The zero-order valence-corrected chi connectivity index (χ0v) is 17.3. The number of rotatable bonds is 6. The Hall–Kier alpha value is -2.91. The Bertz CT molecular complexity index is 1020. The first-order chi connectivity index (χ1) is 14.1. The lowest BCUT2D eigenvalue weighted by molar-refractivity contribution is 0.411. The van der Waals surface area contributed by atoms with Crippen molar-refractivity contribution in [1.29, 1.82) is 0 Å². The first-order valence-electron chi connectivity index (χ1n) is 9.42. The second-order valence-electron chi connectivity index (χ2n) is 6.81. The van der Waals surface area contributed by atoms with Gasteiger partial charge >= 0.3 is 0 Å². The summed E-state index contributed by atoms with van der Waals surface area (Å²) in [5.41, 5.74) is 2.98. The number of aryl methyl sites for hydroxylation is 1. The standard InChI is InChI=1S/C19H23ClN8O/c1-11-9-16(21-2)25-19(23-11)24-13-6-7-15(29-3)18(17(13)20)28-10-14(26-27-28)12-5-4-8-22-12/h6-7,9-10,12,22H,4-5,8H2,1-3H3,(H2,21,23,24,25)/t12-/m0/s1. The van der Waals surface area contributed by atoms with Gasteiger partial charge in [0, 0.05) is 18.8 Å². The molecule has 3 heterocycles. The Morgan fingerprint density at radius 3 is 2.90 bits per heavy atom. The molecule has 1 fully saturated rings. The van der Waals surface area contributed by atoms with Gasteiger partial charge < -0.3 is 20.7 Å². The number of methoxy groups -OCH3 is 1. The van der Waals surface area contributed by atoms with Gasteiger partial charge in [-0.2, -0.15) is 4.98 Å². The lowest BCUT2D eigenvalue weighted by Crippen LogP contribution is -2.13. The summed E-state index contributed by atoms with van der Waals surface area (Å²) in [6, 6.07) is 5.73. The average molecular weight is 415 g/mol. The van der Waals surface area contributed by atoms with Crippen LogP contribution in [0.4, 0.5) is 17.5 Å². The van der Waals surface area contributed by atoms with Crippen LogP contribution in [0.2, 0.25) is 5.02 Å². The van der Waals surface area contributed by atoms with Crippen molar-refractivity contribution in [3.8, 4) is 11.4 Å². The lowest BCUT2D eigenvalue weighted by Gasteiger charge is -2.15. The fourth-order valence-electron chi connectivity index (χ4n) is 3.38. The van der Waals surface area contributed by atoms with Gasteiger partial charge in [0.15, 0.2) is 0 Å². The number of aromatic nitrogens is 5. The average Bonchev–Trinajstić information content (AvgIpc) is 3.40. The van der Waals surface area contributed by atoms with Gasteiger partial charge in [0.1, 0.15) is 22.9 Å². The van der Waals surface area contributed by atoms with Gasteiger partial charge in [-0.1, -0.05) is 16.8 Å². The minimum Gasteiger partial charge on any atom is -0.494 e. The van der Waals surface area contributed by atoms with Crippen molar-refractivity contribution in [3.63, 3.8) is 0 Å². The van der Waals surface area contributed by atoms with Gasteiger partial charge in [0.05, 0.1) is 30.1 Å². The van der Waals surface area contributed by atoms with Crippen LogP contribution >= 0.6 is 11.6 Å². The number of nitrogens with one attached hydrogen (secondary N) is 3. The second kappa shape index (κ2) is 8.22. The molecule has 0 radical (unpaired) electrons. The molecular weight excluding hydrogens is 392 g/mol. The minimum atomic E-state index is 0.218. The van der Waals surface area contributed by atoms with Crippen LogP contribution < -0.4 is 20.7 Å². The first kappa shape index (κ1) is 19.4. The molecule has 29 heavy (non-hydrogen) atoms. The monoisotopic (exact) mass is 414 g/mol. The molecule has 0 saturated carbocycles. The molecule has 0 amide bonds. The summed E-state index contributed by atoms with van der Waals surface area (Å²) in [7, 11) is 3.41. The summed E-state index contributed by atoms with van der Waals surface area (Å²) in [6.07, 6.45) is 4.06. The molecule has 3 aromatic rings. The molecule has 1 aromatic carbocycles. The van der Waals surface area contributed by atoms with Crippen molar-refractivity contribution in [3.05, 3.63) is 40.8 Å². The Balaban J connectivity index is 1.70. The molecule has 0 aliphatic carbocycles. The summed E-state index contributed by atoms with van der Waals surface area (Å²) in [5.74, 6) is 1.76. The maximum absolute atomic E-state index is 6.74. The third kappa shape index (κ3) is 3.96. The van der Waals surface area contributed by atoms with E-state index in [4.69, 9.17) is 16.3 Å². The molecule has 0 unspecified atom stereocenters. The summed E-state index contributed by atoms with van der Waals surface area (Å²) in [6.45, 7) is 2.90.